The number of aromatic nitrogens is 1. The first-order valence-corrected chi connectivity index (χ1v) is 7.63. The van der Waals surface area contributed by atoms with Crippen LogP contribution in [0.1, 0.15) is 16.1 Å². The van der Waals surface area contributed by atoms with E-state index in [2.05, 4.69) is 20.9 Å². The molecule has 0 bridgehead atoms. The second-order valence-corrected chi connectivity index (χ2v) is 6.10. The van der Waals surface area contributed by atoms with Crippen LogP contribution in [-0.2, 0) is 6.42 Å². The van der Waals surface area contributed by atoms with Crippen LogP contribution in [0.3, 0.4) is 0 Å². The van der Waals surface area contributed by atoms with Crippen molar-refractivity contribution >= 4 is 44.2 Å². The number of Topliss-reactive ketones (excluding diaryl/α,β-unsaturated/α-hetero) is 1. The molecule has 0 aliphatic heterocycles. The molecule has 104 valence electrons. The summed E-state index contributed by atoms with van der Waals surface area (Å²) in [5, 5.41) is 1.61. The van der Waals surface area contributed by atoms with Gasteiger partial charge in [0.2, 0.25) is 0 Å². The largest absolute Gasteiger partial charge is 0.294 e. The van der Waals surface area contributed by atoms with Crippen molar-refractivity contribution in [2.45, 2.75) is 6.42 Å². The maximum Gasteiger partial charge on any atom is 0.168 e. The first-order valence-electron chi connectivity index (χ1n) is 6.46. The van der Waals surface area contributed by atoms with Crippen molar-refractivity contribution in [2.24, 2.45) is 0 Å². The van der Waals surface area contributed by atoms with Gasteiger partial charge in [0.05, 0.1) is 11.9 Å². The van der Waals surface area contributed by atoms with E-state index in [4.69, 9.17) is 11.6 Å². The van der Waals surface area contributed by atoms with Crippen LogP contribution >= 0.6 is 27.5 Å². The molecular formula is C17H11BrClNO. The van der Waals surface area contributed by atoms with Gasteiger partial charge in [-0.25, -0.2) is 0 Å². The number of fused-ring (bicyclic) bond motifs is 1. The number of carbonyl (C=O) groups excluding carboxylic acids is 1. The number of halogens is 2. The van der Waals surface area contributed by atoms with Crippen molar-refractivity contribution in [2.75, 3.05) is 0 Å². The van der Waals surface area contributed by atoms with E-state index < -0.39 is 0 Å². The van der Waals surface area contributed by atoms with Crippen LogP contribution < -0.4 is 0 Å². The fraction of sp³-hybridized carbons (Fsp3) is 0.0588. The SMILES string of the molecule is O=C(Cc1ccc2cc(Br)ccc2n1)c1cccc(Cl)c1. The molecule has 0 aliphatic rings. The molecule has 0 fully saturated rings. The minimum Gasteiger partial charge on any atom is -0.294 e. The predicted octanol–water partition coefficient (Wildman–Crippen LogP) is 5.08. The fourth-order valence-corrected chi connectivity index (χ4v) is 2.73. The van der Waals surface area contributed by atoms with Gasteiger partial charge in [-0.1, -0.05) is 45.7 Å². The Morgan fingerprint density at radius 1 is 1.10 bits per heavy atom. The third-order valence-electron chi connectivity index (χ3n) is 3.20. The molecule has 1 aromatic heterocycles. The lowest BCUT2D eigenvalue weighted by atomic mass is 10.1. The maximum absolute atomic E-state index is 12.3. The highest BCUT2D eigenvalue weighted by Crippen LogP contribution is 2.19. The summed E-state index contributed by atoms with van der Waals surface area (Å²) < 4.78 is 1.01. The van der Waals surface area contributed by atoms with E-state index in [1.807, 2.05) is 30.3 Å². The molecule has 0 atom stereocenters. The van der Waals surface area contributed by atoms with E-state index >= 15 is 0 Å². The van der Waals surface area contributed by atoms with E-state index in [1.54, 1.807) is 24.3 Å². The number of nitrogens with zero attached hydrogens (tertiary/aromatic N) is 1. The molecule has 2 aromatic carbocycles. The molecule has 3 aromatic rings. The van der Waals surface area contributed by atoms with Crippen molar-refractivity contribution in [1.29, 1.82) is 0 Å². The van der Waals surface area contributed by atoms with Crippen molar-refractivity contribution in [3.05, 3.63) is 75.4 Å². The monoisotopic (exact) mass is 359 g/mol. The first kappa shape index (κ1) is 14.2. The molecule has 0 N–H and O–H groups in total. The number of hydrogen-bond donors (Lipinski definition) is 0. The molecule has 0 aliphatic carbocycles. The standard InChI is InChI=1S/C17H11BrClNO/c18-13-5-7-16-11(8-13)4-6-15(20-16)10-17(21)12-2-1-3-14(19)9-12/h1-9H,10H2. The number of hydrogen-bond acceptors (Lipinski definition) is 2. The van der Waals surface area contributed by atoms with Gasteiger partial charge < -0.3 is 0 Å². The third-order valence-corrected chi connectivity index (χ3v) is 3.93. The smallest absolute Gasteiger partial charge is 0.168 e. The van der Waals surface area contributed by atoms with Crippen LogP contribution in [0.25, 0.3) is 10.9 Å². The summed E-state index contributed by atoms with van der Waals surface area (Å²) in [6.45, 7) is 0. The zero-order valence-corrected chi connectivity index (χ0v) is 13.4. The van der Waals surface area contributed by atoms with Crippen LogP contribution in [-0.4, -0.2) is 10.8 Å². The van der Waals surface area contributed by atoms with Gasteiger partial charge in [-0.05, 0) is 36.4 Å². The normalized spacial score (nSPS) is 10.8. The van der Waals surface area contributed by atoms with Crippen molar-refractivity contribution in [1.82, 2.24) is 4.98 Å². The van der Waals surface area contributed by atoms with Gasteiger partial charge in [0.1, 0.15) is 0 Å². The van der Waals surface area contributed by atoms with Crippen molar-refractivity contribution in [3.63, 3.8) is 0 Å². The van der Waals surface area contributed by atoms with Crippen LogP contribution in [0.5, 0.6) is 0 Å². The molecule has 0 spiro atoms. The van der Waals surface area contributed by atoms with E-state index in [0.717, 1.165) is 21.1 Å². The predicted molar refractivity (Wildman–Crippen MR) is 88.9 cm³/mol. The lowest BCUT2D eigenvalue weighted by Crippen LogP contribution is -2.05. The first-order chi connectivity index (χ1) is 10.1. The molecule has 0 amide bonds. The Balaban J connectivity index is 1.87. The zero-order chi connectivity index (χ0) is 14.8. The maximum atomic E-state index is 12.3. The number of pyridine rings is 1. The van der Waals surface area contributed by atoms with Gasteiger partial charge in [0, 0.05) is 26.1 Å². The summed E-state index contributed by atoms with van der Waals surface area (Å²) in [5.41, 5.74) is 2.25. The number of rotatable bonds is 3. The van der Waals surface area contributed by atoms with Crippen LogP contribution in [0.2, 0.25) is 5.02 Å². The quantitative estimate of drug-likeness (QED) is 0.610. The lowest BCUT2D eigenvalue weighted by molar-refractivity contribution is 0.0992. The van der Waals surface area contributed by atoms with Gasteiger partial charge in [-0.15, -0.1) is 0 Å². The number of ketones is 1. The Morgan fingerprint density at radius 2 is 1.95 bits per heavy atom. The highest BCUT2D eigenvalue weighted by Gasteiger charge is 2.09. The van der Waals surface area contributed by atoms with Gasteiger partial charge in [0.25, 0.3) is 0 Å². The summed E-state index contributed by atoms with van der Waals surface area (Å²) in [6, 6.07) is 16.7. The van der Waals surface area contributed by atoms with Crippen LogP contribution in [0.4, 0.5) is 0 Å². The number of carbonyl (C=O) groups is 1. The van der Waals surface area contributed by atoms with Gasteiger partial charge in [-0.3, -0.25) is 9.78 Å². The van der Waals surface area contributed by atoms with E-state index in [1.165, 1.54) is 0 Å². The Morgan fingerprint density at radius 3 is 2.76 bits per heavy atom. The molecule has 0 saturated heterocycles. The summed E-state index contributed by atoms with van der Waals surface area (Å²) in [7, 11) is 0. The average Bonchev–Trinajstić information content (AvgIpc) is 2.47. The summed E-state index contributed by atoms with van der Waals surface area (Å²) in [5.74, 6) is 0.0152. The Hall–Kier alpha value is -1.71. The van der Waals surface area contributed by atoms with Crippen molar-refractivity contribution in [3.8, 4) is 0 Å². The molecule has 4 heteroatoms. The Kier molecular flexibility index (Phi) is 4.04. The molecule has 3 rings (SSSR count). The molecular weight excluding hydrogens is 350 g/mol. The minimum atomic E-state index is 0.0152. The Bertz CT molecular complexity index is 832. The molecule has 1 heterocycles. The van der Waals surface area contributed by atoms with E-state index in [0.29, 0.717) is 10.6 Å². The molecule has 0 saturated carbocycles. The lowest BCUT2D eigenvalue weighted by Gasteiger charge is -2.04. The highest BCUT2D eigenvalue weighted by molar-refractivity contribution is 9.10. The van der Waals surface area contributed by atoms with E-state index in [9.17, 15) is 4.79 Å². The van der Waals surface area contributed by atoms with E-state index in [-0.39, 0.29) is 12.2 Å². The molecule has 0 radical (unpaired) electrons. The minimum absolute atomic E-state index is 0.0152. The molecule has 2 nitrogen and oxygen atoms in total. The summed E-state index contributed by atoms with van der Waals surface area (Å²) in [4.78, 5) is 16.8. The summed E-state index contributed by atoms with van der Waals surface area (Å²) >= 11 is 9.35. The Labute approximate surface area is 135 Å². The second-order valence-electron chi connectivity index (χ2n) is 4.75. The van der Waals surface area contributed by atoms with Crippen LogP contribution in [0, 0.1) is 0 Å². The van der Waals surface area contributed by atoms with Crippen molar-refractivity contribution < 1.29 is 4.79 Å². The highest BCUT2D eigenvalue weighted by atomic mass is 79.9. The van der Waals surface area contributed by atoms with Gasteiger partial charge in [0.15, 0.2) is 5.78 Å². The number of benzene rings is 2. The second kappa shape index (κ2) is 5.96. The third kappa shape index (κ3) is 3.31. The van der Waals surface area contributed by atoms with Crippen LogP contribution in [0.15, 0.2) is 59.1 Å². The van der Waals surface area contributed by atoms with Gasteiger partial charge in [-0.2, -0.15) is 0 Å². The van der Waals surface area contributed by atoms with Gasteiger partial charge >= 0.3 is 0 Å². The summed E-state index contributed by atoms with van der Waals surface area (Å²) in [6.07, 6.45) is 0.270. The zero-order valence-electron chi connectivity index (χ0n) is 11.0. The fourth-order valence-electron chi connectivity index (χ4n) is 2.17. The molecule has 0 unspecified atom stereocenters. The topological polar surface area (TPSA) is 30.0 Å². The molecule has 21 heavy (non-hydrogen) atoms. The average molecular weight is 361 g/mol.